The molecule has 0 aliphatic rings. The van der Waals surface area contributed by atoms with Gasteiger partial charge in [-0.15, -0.1) is 0 Å². The van der Waals surface area contributed by atoms with Gasteiger partial charge in [0.15, 0.2) is 0 Å². The first-order chi connectivity index (χ1) is 8.89. The van der Waals surface area contributed by atoms with E-state index in [1.54, 1.807) is 7.11 Å². The Bertz CT molecular complexity index is 240. The van der Waals surface area contributed by atoms with E-state index in [0.29, 0.717) is 33.0 Å². The summed E-state index contributed by atoms with van der Waals surface area (Å²) in [5.41, 5.74) is 5.46. The topological polar surface area (TPSA) is 80.0 Å². The van der Waals surface area contributed by atoms with Gasteiger partial charge >= 0.3 is 5.97 Å². The van der Waals surface area contributed by atoms with Crippen molar-refractivity contribution < 1.29 is 23.7 Å². The summed E-state index contributed by atoms with van der Waals surface area (Å²) in [5, 5.41) is 0. The Labute approximate surface area is 115 Å². The van der Waals surface area contributed by atoms with Crippen LogP contribution in [0, 0.1) is 5.41 Å². The van der Waals surface area contributed by atoms with Gasteiger partial charge in [-0.3, -0.25) is 4.79 Å². The minimum Gasteiger partial charge on any atom is -0.462 e. The van der Waals surface area contributed by atoms with E-state index >= 15 is 0 Å². The molecule has 0 saturated heterocycles. The average Bonchev–Trinajstić information content (AvgIpc) is 2.34. The lowest BCUT2D eigenvalue weighted by molar-refractivity contribution is -0.149. The minimum absolute atomic E-state index is 0.209. The lowest BCUT2D eigenvalue weighted by Crippen LogP contribution is -2.43. The molecule has 0 radical (unpaired) electrons. The van der Waals surface area contributed by atoms with Crippen LogP contribution in [-0.4, -0.2) is 58.8 Å². The van der Waals surface area contributed by atoms with Gasteiger partial charge in [0.25, 0.3) is 0 Å². The molecule has 0 saturated carbocycles. The summed E-state index contributed by atoms with van der Waals surface area (Å²) in [6.45, 7) is 8.33. The zero-order chi connectivity index (χ0) is 14.7. The number of carbonyl (C=O) groups is 1. The number of rotatable bonds is 10. The second-order valence-corrected chi connectivity index (χ2v) is 5.23. The monoisotopic (exact) mass is 277 g/mol. The SMILES string of the molecule is COCCOCCOCCOC(=O)[C@H](N)C(C)(C)C. The highest BCUT2D eigenvalue weighted by Crippen LogP contribution is 2.17. The zero-order valence-corrected chi connectivity index (χ0v) is 12.4. The summed E-state index contributed by atoms with van der Waals surface area (Å²) in [5.74, 6) is -0.396. The fraction of sp³-hybridized carbons (Fsp3) is 0.923. The highest BCUT2D eigenvalue weighted by atomic mass is 16.6. The van der Waals surface area contributed by atoms with Crippen LogP contribution in [0.25, 0.3) is 0 Å². The van der Waals surface area contributed by atoms with E-state index in [2.05, 4.69) is 0 Å². The first-order valence-corrected chi connectivity index (χ1v) is 6.46. The molecule has 0 aliphatic carbocycles. The standard InChI is InChI=1S/C13H27NO5/c1-13(2,3)11(14)12(15)19-10-9-18-8-7-17-6-5-16-4/h11H,5-10,14H2,1-4H3/t11-/m0/s1. The molecule has 0 aromatic rings. The van der Waals surface area contributed by atoms with Crippen LogP contribution in [0.4, 0.5) is 0 Å². The molecule has 0 spiro atoms. The van der Waals surface area contributed by atoms with E-state index in [1.807, 2.05) is 20.8 Å². The molecule has 0 bridgehead atoms. The Balaban J connectivity index is 3.42. The summed E-state index contributed by atoms with van der Waals surface area (Å²) in [4.78, 5) is 11.6. The van der Waals surface area contributed by atoms with Crippen molar-refractivity contribution in [1.29, 1.82) is 0 Å². The average molecular weight is 277 g/mol. The van der Waals surface area contributed by atoms with Gasteiger partial charge in [0.05, 0.1) is 33.0 Å². The first-order valence-electron chi connectivity index (χ1n) is 6.46. The van der Waals surface area contributed by atoms with Gasteiger partial charge in [-0.2, -0.15) is 0 Å². The molecule has 0 rings (SSSR count). The lowest BCUT2D eigenvalue weighted by atomic mass is 9.87. The quantitative estimate of drug-likeness (QED) is 0.465. The van der Waals surface area contributed by atoms with Crippen molar-refractivity contribution in [3.8, 4) is 0 Å². The molecule has 0 aromatic heterocycles. The second kappa shape index (κ2) is 10.1. The summed E-state index contributed by atoms with van der Waals surface area (Å²) < 4.78 is 20.3. The van der Waals surface area contributed by atoms with Crippen LogP contribution in [0.5, 0.6) is 0 Å². The molecular weight excluding hydrogens is 250 g/mol. The van der Waals surface area contributed by atoms with Crippen LogP contribution < -0.4 is 5.73 Å². The molecule has 0 amide bonds. The number of ether oxygens (including phenoxy) is 4. The van der Waals surface area contributed by atoms with Crippen molar-refractivity contribution in [3.05, 3.63) is 0 Å². The van der Waals surface area contributed by atoms with Crippen molar-refractivity contribution in [2.24, 2.45) is 11.1 Å². The Morgan fingerprint density at radius 2 is 1.47 bits per heavy atom. The van der Waals surface area contributed by atoms with Crippen molar-refractivity contribution >= 4 is 5.97 Å². The molecule has 6 nitrogen and oxygen atoms in total. The molecule has 0 fully saturated rings. The highest BCUT2D eigenvalue weighted by Gasteiger charge is 2.28. The maximum absolute atomic E-state index is 11.6. The van der Waals surface area contributed by atoms with Crippen molar-refractivity contribution in [2.45, 2.75) is 26.8 Å². The Morgan fingerprint density at radius 1 is 1.00 bits per heavy atom. The maximum Gasteiger partial charge on any atom is 0.323 e. The summed E-state index contributed by atoms with van der Waals surface area (Å²) in [7, 11) is 1.62. The summed E-state index contributed by atoms with van der Waals surface area (Å²) in [6.07, 6.45) is 0. The third kappa shape index (κ3) is 9.84. The molecule has 1 atom stereocenters. The fourth-order valence-corrected chi connectivity index (χ4v) is 1.11. The van der Waals surface area contributed by atoms with Crippen LogP contribution in [-0.2, 0) is 23.7 Å². The van der Waals surface area contributed by atoms with Crippen LogP contribution in [0.2, 0.25) is 0 Å². The van der Waals surface area contributed by atoms with Gasteiger partial charge in [-0.25, -0.2) is 0 Å². The normalized spacial score (nSPS) is 13.3. The van der Waals surface area contributed by atoms with E-state index in [4.69, 9.17) is 24.7 Å². The molecule has 0 heterocycles. The number of hydrogen-bond donors (Lipinski definition) is 1. The molecule has 114 valence electrons. The largest absolute Gasteiger partial charge is 0.462 e. The van der Waals surface area contributed by atoms with Crippen LogP contribution in [0.1, 0.15) is 20.8 Å². The fourth-order valence-electron chi connectivity index (χ4n) is 1.11. The lowest BCUT2D eigenvalue weighted by Gasteiger charge is -2.24. The van der Waals surface area contributed by atoms with E-state index < -0.39 is 12.0 Å². The predicted molar refractivity (Wildman–Crippen MR) is 71.9 cm³/mol. The van der Waals surface area contributed by atoms with Crippen LogP contribution in [0.3, 0.4) is 0 Å². The molecule has 0 aliphatic heterocycles. The second-order valence-electron chi connectivity index (χ2n) is 5.23. The first kappa shape index (κ1) is 18.3. The zero-order valence-electron chi connectivity index (χ0n) is 12.4. The summed E-state index contributed by atoms with van der Waals surface area (Å²) >= 11 is 0. The van der Waals surface area contributed by atoms with Crippen LogP contribution in [0.15, 0.2) is 0 Å². The predicted octanol–water partition coefficient (Wildman–Crippen LogP) is 0.583. The number of nitrogens with two attached hydrogens (primary N) is 1. The number of esters is 1. The van der Waals surface area contributed by atoms with Gasteiger partial charge in [0.2, 0.25) is 0 Å². The Kier molecular flexibility index (Phi) is 9.77. The van der Waals surface area contributed by atoms with Crippen LogP contribution >= 0.6 is 0 Å². The molecule has 6 heteroatoms. The van der Waals surface area contributed by atoms with E-state index in [1.165, 1.54) is 0 Å². The van der Waals surface area contributed by atoms with Crippen molar-refractivity contribution in [1.82, 2.24) is 0 Å². The molecular formula is C13H27NO5. The Hall–Kier alpha value is -0.690. The molecule has 19 heavy (non-hydrogen) atoms. The van der Waals surface area contributed by atoms with Gasteiger partial charge in [0.1, 0.15) is 12.6 Å². The number of carbonyl (C=O) groups excluding carboxylic acids is 1. The third-order valence-corrected chi connectivity index (χ3v) is 2.46. The summed E-state index contributed by atoms with van der Waals surface area (Å²) in [6, 6.07) is -0.620. The van der Waals surface area contributed by atoms with Crippen molar-refractivity contribution in [3.63, 3.8) is 0 Å². The molecule has 0 unspecified atom stereocenters. The number of hydrogen-bond acceptors (Lipinski definition) is 6. The van der Waals surface area contributed by atoms with Gasteiger partial charge in [-0.1, -0.05) is 20.8 Å². The Morgan fingerprint density at radius 3 is 1.95 bits per heavy atom. The van der Waals surface area contributed by atoms with Gasteiger partial charge < -0.3 is 24.7 Å². The number of methoxy groups -OCH3 is 1. The van der Waals surface area contributed by atoms with Gasteiger partial charge in [-0.05, 0) is 5.41 Å². The van der Waals surface area contributed by atoms with E-state index in [0.717, 1.165) is 0 Å². The van der Waals surface area contributed by atoms with E-state index in [9.17, 15) is 4.79 Å². The molecule has 0 aromatic carbocycles. The highest BCUT2D eigenvalue weighted by molar-refractivity contribution is 5.76. The third-order valence-electron chi connectivity index (χ3n) is 2.46. The van der Waals surface area contributed by atoms with E-state index in [-0.39, 0.29) is 12.0 Å². The maximum atomic E-state index is 11.6. The van der Waals surface area contributed by atoms with Crippen molar-refractivity contribution in [2.75, 3.05) is 46.8 Å². The minimum atomic E-state index is -0.620. The molecule has 2 N–H and O–H groups in total. The smallest absolute Gasteiger partial charge is 0.323 e. The van der Waals surface area contributed by atoms with Gasteiger partial charge in [0, 0.05) is 7.11 Å².